The van der Waals surface area contributed by atoms with Gasteiger partial charge < -0.3 is 9.30 Å². The Bertz CT molecular complexity index is 1070. The van der Waals surface area contributed by atoms with E-state index in [0.29, 0.717) is 24.3 Å². The van der Waals surface area contributed by atoms with Gasteiger partial charge in [0.05, 0.1) is 12.2 Å². The minimum absolute atomic E-state index is 0.207. The molecule has 0 atom stereocenters. The normalized spacial score (nSPS) is 10.6. The SMILES string of the molecule is CCOc1ccccc1CCC(=O)NNC(=O)c1cc(C)n(-c2ccc(F)cc2)c1C. The highest BCUT2D eigenvalue weighted by Crippen LogP contribution is 2.21. The number of halogens is 1. The topological polar surface area (TPSA) is 72.4 Å². The van der Waals surface area contributed by atoms with Gasteiger partial charge in [-0.15, -0.1) is 0 Å². The number of aryl methyl sites for hydroxylation is 2. The fraction of sp³-hybridized carbons (Fsp3) is 0.250. The van der Waals surface area contributed by atoms with Crippen LogP contribution in [0.5, 0.6) is 5.75 Å². The first kappa shape index (κ1) is 22.1. The van der Waals surface area contributed by atoms with Gasteiger partial charge in [0.15, 0.2) is 0 Å². The number of aromatic nitrogens is 1. The molecule has 0 unspecified atom stereocenters. The Morgan fingerprint density at radius 1 is 1.03 bits per heavy atom. The molecule has 2 N–H and O–H groups in total. The average Bonchev–Trinajstić information content (AvgIpc) is 3.06. The van der Waals surface area contributed by atoms with Crippen LogP contribution in [0.2, 0.25) is 0 Å². The molecule has 0 fully saturated rings. The third-order valence-corrected chi connectivity index (χ3v) is 4.97. The molecular formula is C24H26FN3O3. The van der Waals surface area contributed by atoms with Crippen molar-refractivity contribution in [2.45, 2.75) is 33.6 Å². The van der Waals surface area contributed by atoms with Crippen LogP contribution in [0, 0.1) is 19.7 Å². The molecule has 0 aliphatic rings. The number of nitrogens with one attached hydrogen (secondary N) is 2. The summed E-state index contributed by atoms with van der Waals surface area (Å²) < 4.78 is 20.7. The maximum Gasteiger partial charge on any atom is 0.271 e. The molecule has 0 radical (unpaired) electrons. The first-order valence-electron chi connectivity index (χ1n) is 10.2. The van der Waals surface area contributed by atoms with E-state index in [1.807, 2.05) is 42.7 Å². The molecule has 7 heteroatoms. The second-order valence-corrected chi connectivity index (χ2v) is 7.14. The van der Waals surface area contributed by atoms with Gasteiger partial charge in [-0.25, -0.2) is 4.39 Å². The molecule has 0 saturated carbocycles. The molecule has 0 aliphatic carbocycles. The largest absolute Gasteiger partial charge is 0.494 e. The van der Waals surface area contributed by atoms with Gasteiger partial charge in [-0.05, 0) is 69.2 Å². The first-order chi connectivity index (χ1) is 14.9. The average molecular weight is 423 g/mol. The number of rotatable bonds is 7. The molecule has 6 nitrogen and oxygen atoms in total. The van der Waals surface area contributed by atoms with Crippen LogP contribution in [0.1, 0.15) is 40.7 Å². The number of para-hydroxylation sites is 1. The summed E-state index contributed by atoms with van der Waals surface area (Å²) in [7, 11) is 0. The zero-order valence-electron chi connectivity index (χ0n) is 17.9. The molecule has 0 saturated heterocycles. The molecule has 2 amide bonds. The van der Waals surface area contributed by atoms with Crippen LogP contribution in [0.25, 0.3) is 5.69 Å². The van der Waals surface area contributed by atoms with Crippen molar-refractivity contribution in [3.63, 3.8) is 0 Å². The predicted octanol–water partition coefficient (Wildman–Crippen LogP) is 4.03. The van der Waals surface area contributed by atoms with E-state index in [2.05, 4.69) is 10.9 Å². The number of carbonyl (C=O) groups excluding carboxylic acids is 2. The highest BCUT2D eigenvalue weighted by Gasteiger charge is 2.17. The smallest absolute Gasteiger partial charge is 0.271 e. The highest BCUT2D eigenvalue weighted by atomic mass is 19.1. The van der Waals surface area contributed by atoms with Crippen molar-refractivity contribution in [3.05, 3.63) is 82.9 Å². The quantitative estimate of drug-likeness (QED) is 0.564. The van der Waals surface area contributed by atoms with E-state index in [-0.39, 0.29) is 18.1 Å². The summed E-state index contributed by atoms with van der Waals surface area (Å²) in [5.74, 6) is -0.276. The van der Waals surface area contributed by atoms with Crippen molar-refractivity contribution in [1.29, 1.82) is 0 Å². The van der Waals surface area contributed by atoms with Crippen molar-refractivity contribution >= 4 is 11.8 Å². The van der Waals surface area contributed by atoms with Gasteiger partial charge in [0.25, 0.3) is 5.91 Å². The minimum Gasteiger partial charge on any atom is -0.494 e. The van der Waals surface area contributed by atoms with Crippen LogP contribution in [-0.2, 0) is 11.2 Å². The van der Waals surface area contributed by atoms with E-state index >= 15 is 0 Å². The summed E-state index contributed by atoms with van der Waals surface area (Å²) in [6.07, 6.45) is 0.704. The van der Waals surface area contributed by atoms with Gasteiger partial charge in [-0.3, -0.25) is 20.4 Å². The van der Waals surface area contributed by atoms with Crippen LogP contribution < -0.4 is 15.6 Å². The number of amides is 2. The minimum atomic E-state index is -0.412. The van der Waals surface area contributed by atoms with Crippen LogP contribution in [0.3, 0.4) is 0 Å². The molecular weight excluding hydrogens is 397 g/mol. The summed E-state index contributed by atoms with van der Waals surface area (Å²) in [5.41, 5.74) is 8.59. The molecule has 1 heterocycles. The van der Waals surface area contributed by atoms with Gasteiger partial charge >= 0.3 is 0 Å². The fourth-order valence-corrected chi connectivity index (χ4v) is 3.49. The highest BCUT2D eigenvalue weighted by molar-refractivity contribution is 5.97. The third kappa shape index (κ3) is 5.31. The Morgan fingerprint density at radius 3 is 2.45 bits per heavy atom. The summed E-state index contributed by atoms with van der Waals surface area (Å²) in [6, 6.07) is 15.4. The molecule has 162 valence electrons. The molecule has 0 spiro atoms. The predicted molar refractivity (Wildman–Crippen MR) is 117 cm³/mol. The number of hydrogen-bond acceptors (Lipinski definition) is 3. The Morgan fingerprint density at radius 2 is 1.74 bits per heavy atom. The maximum absolute atomic E-state index is 13.2. The lowest BCUT2D eigenvalue weighted by Crippen LogP contribution is -2.41. The zero-order chi connectivity index (χ0) is 22.4. The Kier molecular flexibility index (Phi) is 7.07. The molecule has 3 rings (SSSR count). The van der Waals surface area contributed by atoms with Crippen LogP contribution in [-0.4, -0.2) is 23.0 Å². The van der Waals surface area contributed by atoms with Crippen molar-refractivity contribution in [2.75, 3.05) is 6.61 Å². The van der Waals surface area contributed by atoms with Gasteiger partial charge in [-0.2, -0.15) is 0 Å². The van der Waals surface area contributed by atoms with Gasteiger partial charge in [-0.1, -0.05) is 18.2 Å². The number of carbonyl (C=O) groups is 2. The molecule has 2 aromatic carbocycles. The number of hydrazine groups is 1. The Hall–Kier alpha value is -3.61. The van der Waals surface area contributed by atoms with Crippen molar-refractivity contribution in [3.8, 4) is 11.4 Å². The van der Waals surface area contributed by atoms with E-state index in [9.17, 15) is 14.0 Å². The summed E-state index contributed by atoms with van der Waals surface area (Å²) in [5, 5.41) is 0. The number of hydrogen-bond donors (Lipinski definition) is 2. The van der Waals surface area contributed by atoms with Crippen LogP contribution >= 0.6 is 0 Å². The lowest BCUT2D eigenvalue weighted by Gasteiger charge is -2.11. The summed E-state index contributed by atoms with van der Waals surface area (Å²) in [6.45, 7) is 6.13. The Labute approximate surface area is 181 Å². The molecule has 1 aromatic heterocycles. The van der Waals surface area contributed by atoms with Gasteiger partial charge in [0.1, 0.15) is 11.6 Å². The van der Waals surface area contributed by atoms with Crippen molar-refractivity contribution < 1.29 is 18.7 Å². The van der Waals surface area contributed by atoms with Crippen molar-refractivity contribution in [2.24, 2.45) is 0 Å². The molecule has 0 bridgehead atoms. The lowest BCUT2D eigenvalue weighted by atomic mass is 10.1. The van der Waals surface area contributed by atoms with E-state index in [1.54, 1.807) is 25.1 Å². The number of ether oxygens (including phenoxy) is 1. The number of benzene rings is 2. The first-order valence-corrected chi connectivity index (χ1v) is 10.2. The Balaban J connectivity index is 1.60. The standard InChI is InChI=1S/C24H26FN3O3/c1-4-31-22-8-6-5-7-18(22)9-14-23(29)26-27-24(30)21-15-16(2)28(17(21)3)20-12-10-19(25)11-13-20/h5-8,10-13,15H,4,9,14H2,1-3H3,(H,26,29)(H,27,30). The van der Waals surface area contributed by atoms with E-state index in [0.717, 1.165) is 22.7 Å². The second kappa shape index (κ2) is 9.93. The van der Waals surface area contributed by atoms with E-state index in [1.165, 1.54) is 12.1 Å². The van der Waals surface area contributed by atoms with Gasteiger partial charge in [0, 0.05) is 23.5 Å². The van der Waals surface area contributed by atoms with Crippen LogP contribution in [0.4, 0.5) is 4.39 Å². The second-order valence-electron chi connectivity index (χ2n) is 7.14. The third-order valence-electron chi connectivity index (χ3n) is 4.97. The zero-order valence-corrected chi connectivity index (χ0v) is 17.9. The fourth-order valence-electron chi connectivity index (χ4n) is 3.49. The molecule has 0 aliphatic heterocycles. The van der Waals surface area contributed by atoms with Crippen molar-refractivity contribution in [1.82, 2.24) is 15.4 Å². The van der Waals surface area contributed by atoms with E-state index in [4.69, 9.17) is 4.74 Å². The van der Waals surface area contributed by atoms with Gasteiger partial charge in [0.2, 0.25) is 5.91 Å². The monoisotopic (exact) mass is 423 g/mol. The summed E-state index contributed by atoms with van der Waals surface area (Å²) in [4.78, 5) is 24.8. The lowest BCUT2D eigenvalue weighted by molar-refractivity contribution is -0.121. The summed E-state index contributed by atoms with van der Waals surface area (Å²) >= 11 is 0. The molecule has 31 heavy (non-hydrogen) atoms. The number of nitrogens with zero attached hydrogens (tertiary/aromatic N) is 1. The maximum atomic E-state index is 13.2. The molecule has 3 aromatic rings. The van der Waals surface area contributed by atoms with Crippen LogP contribution in [0.15, 0.2) is 54.6 Å². The van der Waals surface area contributed by atoms with E-state index < -0.39 is 5.91 Å².